The van der Waals surface area contributed by atoms with Gasteiger partial charge in [0, 0.05) is 6.42 Å². The molecular formula is C24H36O4. The maximum absolute atomic E-state index is 11.8. The number of carbonyl (C=O) groups is 1. The van der Waals surface area contributed by atoms with Crippen molar-refractivity contribution in [3.05, 3.63) is 29.8 Å². The molecule has 2 aliphatic carbocycles. The van der Waals surface area contributed by atoms with Crippen molar-refractivity contribution in [1.29, 1.82) is 0 Å². The molecule has 0 aromatic heterocycles. The van der Waals surface area contributed by atoms with E-state index in [0.717, 1.165) is 44.3 Å². The number of carbonyl (C=O) groups excluding carboxylic acids is 1. The Kier molecular flexibility index (Phi) is 8.20. The van der Waals surface area contributed by atoms with Gasteiger partial charge in [0.1, 0.15) is 5.75 Å². The second-order valence-electron chi connectivity index (χ2n) is 8.42. The van der Waals surface area contributed by atoms with E-state index in [0.29, 0.717) is 5.92 Å². The summed E-state index contributed by atoms with van der Waals surface area (Å²) < 4.78 is 17.6. The molecule has 4 heteroatoms. The largest absolute Gasteiger partial charge is 0.469 e. The number of hydrogen-bond acceptors (Lipinski definition) is 4. The molecule has 3 rings (SSSR count). The van der Waals surface area contributed by atoms with Crippen LogP contribution < -0.4 is 4.74 Å². The smallest absolute Gasteiger partial charge is 0.308 e. The average Bonchev–Trinajstić information content (AvgIpc) is 2.75. The van der Waals surface area contributed by atoms with E-state index >= 15 is 0 Å². The maximum atomic E-state index is 11.8. The molecule has 0 N–H and O–H groups in total. The Morgan fingerprint density at radius 1 is 1.00 bits per heavy atom. The summed E-state index contributed by atoms with van der Waals surface area (Å²) in [6.07, 6.45) is 12.0. The van der Waals surface area contributed by atoms with Crippen LogP contribution >= 0.6 is 0 Å². The summed E-state index contributed by atoms with van der Waals surface area (Å²) in [5.74, 6) is 1.54. The molecule has 0 aliphatic heterocycles. The summed E-state index contributed by atoms with van der Waals surface area (Å²) in [5, 5.41) is 0. The lowest BCUT2D eigenvalue weighted by Crippen LogP contribution is -2.33. The fraction of sp³-hybridized carbons (Fsp3) is 0.708. The lowest BCUT2D eigenvalue weighted by atomic mass is 9.86. The first-order valence-corrected chi connectivity index (χ1v) is 11.2. The van der Waals surface area contributed by atoms with Gasteiger partial charge in [-0.25, -0.2) is 0 Å². The Bertz CT molecular complexity index is 583. The van der Waals surface area contributed by atoms with E-state index in [4.69, 9.17) is 14.2 Å². The number of rotatable bonds is 8. The molecule has 0 amide bonds. The fourth-order valence-corrected chi connectivity index (χ4v) is 4.60. The van der Waals surface area contributed by atoms with Crippen LogP contribution in [-0.4, -0.2) is 25.5 Å². The highest BCUT2D eigenvalue weighted by molar-refractivity contribution is 5.72. The highest BCUT2D eigenvalue weighted by atomic mass is 16.7. The zero-order valence-electron chi connectivity index (χ0n) is 17.5. The van der Waals surface area contributed by atoms with E-state index in [2.05, 4.69) is 31.2 Å². The first-order chi connectivity index (χ1) is 13.7. The van der Waals surface area contributed by atoms with Crippen LogP contribution in [-0.2, 0) is 20.7 Å². The third kappa shape index (κ3) is 6.23. The quantitative estimate of drug-likeness (QED) is 0.425. The number of methoxy groups -OCH3 is 1. The first-order valence-electron chi connectivity index (χ1n) is 11.2. The maximum Gasteiger partial charge on any atom is 0.308 e. The Hall–Kier alpha value is -1.55. The fourth-order valence-electron chi connectivity index (χ4n) is 4.60. The van der Waals surface area contributed by atoms with E-state index in [1.165, 1.54) is 44.8 Å². The van der Waals surface area contributed by atoms with E-state index < -0.39 is 0 Å². The van der Waals surface area contributed by atoms with Crippen molar-refractivity contribution < 1.29 is 19.0 Å². The minimum absolute atomic E-state index is 0.0316. The molecule has 0 spiro atoms. The molecule has 1 aromatic carbocycles. The average molecular weight is 389 g/mol. The van der Waals surface area contributed by atoms with Crippen LogP contribution in [0.5, 0.6) is 5.75 Å². The van der Waals surface area contributed by atoms with Gasteiger partial charge < -0.3 is 14.2 Å². The Balaban J connectivity index is 1.58. The van der Waals surface area contributed by atoms with Crippen molar-refractivity contribution in [1.82, 2.24) is 0 Å². The molecular weight excluding hydrogens is 352 g/mol. The van der Waals surface area contributed by atoms with Gasteiger partial charge in [0.2, 0.25) is 0 Å². The van der Waals surface area contributed by atoms with Crippen molar-refractivity contribution in [3.63, 3.8) is 0 Å². The monoisotopic (exact) mass is 388 g/mol. The van der Waals surface area contributed by atoms with Gasteiger partial charge in [-0.2, -0.15) is 0 Å². The standard InChI is InChI=1S/C24H36O4/c1-3-18-9-13-21(14-10-18)27-23(17-19-7-5-4-6-8-19)28-22-15-11-20(12-16-22)24(25)26-2/h9-10,13-14,19-20,22-23H,3-8,11-12,15-17H2,1-2H3. The van der Waals surface area contributed by atoms with E-state index in [9.17, 15) is 4.79 Å². The van der Waals surface area contributed by atoms with Gasteiger partial charge in [0.15, 0.2) is 6.29 Å². The van der Waals surface area contributed by atoms with Gasteiger partial charge >= 0.3 is 5.97 Å². The Labute approximate surface area is 169 Å². The van der Waals surface area contributed by atoms with Gasteiger partial charge in [-0.1, -0.05) is 51.2 Å². The molecule has 1 atom stereocenters. The third-order valence-electron chi connectivity index (χ3n) is 6.40. The van der Waals surface area contributed by atoms with Gasteiger partial charge in [-0.3, -0.25) is 4.79 Å². The number of hydrogen-bond donors (Lipinski definition) is 0. The van der Waals surface area contributed by atoms with Crippen molar-refractivity contribution in [2.24, 2.45) is 11.8 Å². The molecule has 2 aliphatic rings. The lowest BCUT2D eigenvalue weighted by Gasteiger charge is -2.32. The highest BCUT2D eigenvalue weighted by Crippen LogP contribution is 2.32. The minimum atomic E-state index is -0.199. The lowest BCUT2D eigenvalue weighted by molar-refractivity contribution is -0.155. The van der Waals surface area contributed by atoms with Gasteiger partial charge in [0.05, 0.1) is 19.1 Å². The summed E-state index contributed by atoms with van der Waals surface area (Å²) >= 11 is 0. The molecule has 2 fully saturated rings. The van der Waals surface area contributed by atoms with Crippen molar-refractivity contribution in [2.45, 2.75) is 89.9 Å². The molecule has 0 radical (unpaired) electrons. The van der Waals surface area contributed by atoms with Crippen molar-refractivity contribution in [2.75, 3.05) is 7.11 Å². The van der Waals surface area contributed by atoms with Crippen LogP contribution in [0.1, 0.15) is 76.7 Å². The van der Waals surface area contributed by atoms with Crippen molar-refractivity contribution >= 4 is 5.97 Å². The van der Waals surface area contributed by atoms with Gasteiger partial charge in [-0.15, -0.1) is 0 Å². The Morgan fingerprint density at radius 3 is 2.29 bits per heavy atom. The first kappa shape index (κ1) is 21.2. The summed E-state index contributed by atoms with van der Waals surface area (Å²) in [6, 6.07) is 8.39. The van der Waals surface area contributed by atoms with Gasteiger partial charge in [-0.05, 0) is 55.7 Å². The number of benzene rings is 1. The SMILES string of the molecule is CCc1ccc(OC(CC2CCCCC2)OC2CCC(C(=O)OC)CC2)cc1. The molecule has 156 valence electrons. The topological polar surface area (TPSA) is 44.8 Å². The molecule has 1 unspecified atom stereocenters. The predicted octanol–water partition coefficient (Wildman–Crippen LogP) is 5.67. The van der Waals surface area contributed by atoms with Crippen LogP contribution in [0.3, 0.4) is 0 Å². The second kappa shape index (κ2) is 10.8. The van der Waals surface area contributed by atoms with Crippen LogP contribution in [0, 0.1) is 11.8 Å². The Morgan fingerprint density at radius 2 is 1.68 bits per heavy atom. The summed E-state index contributed by atoms with van der Waals surface area (Å²) in [6.45, 7) is 2.16. The predicted molar refractivity (Wildman–Crippen MR) is 110 cm³/mol. The molecule has 1 aromatic rings. The van der Waals surface area contributed by atoms with Crippen LogP contribution in [0.4, 0.5) is 0 Å². The third-order valence-corrected chi connectivity index (χ3v) is 6.40. The number of aryl methyl sites for hydroxylation is 1. The molecule has 0 bridgehead atoms. The summed E-state index contributed by atoms with van der Waals surface area (Å²) in [7, 11) is 1.47. The number of ether oxygens (including phenoxy) is 3. The van der Waals surface area contributed by atoms with E-state index in [-0.39, 0.29) is 24.3 Å². The van der Waals surface area contributed by atoms with Gasteiger partial charge in [0.25, 0.3) is 0 Å². The van der Waals surface area contributed by atoms with Crippen LogP contribution in [0.25, 0.3) is 0 Å². The summed E-state index contributed by atoms with van der Waals surface area (Å²) in [4.78, 5) is 11.8. The van der Waals surface area contributed by atoms with Crippen LogP contribution in [0.15, 0.2) is 24.3 Å². The van der Waals surface area contributed by atoms with E-state index in [1.807, 2.05) is 0 Å². The molecule has 4 nitrogen and oxygen atoms in total. The molecule has 28 heavy (non-hydrogen) atoms. The normalized spacial score (nSPS) is 24.5. The zero-order valence-corrected chi connectivity index (χ0v) is 17.5. The van der Waals surface area contributed by atoms with Crippen molar-refractivity contribution in [3.8, 4) is 5.75 Å². The number of esters is 1. The minimum Gasteiger partial charge on any atom is -0.469 e. The molecule has 0 heterocycles. The van der Waals surface area contributed by atoms with Crippen LogP contribution in [0.2, 0.25) is 0 Å². The highest BCUT2D eigenvalue weighted by Gasteiger charge is 2.30. The summed E-state index contributed by atoms with van der Waals surface area (Å²) in [5.41, 5.74) is 1.32. The molecule has 0 saturated heterocycles. The second-order valence-corrected chi connectivity index (χ2v) is 8.42. The van der Waals surface area contributed by atoms with E-state index in [1.54, 1.807) is 0 Å². The molecule has 2 saturated carbocycles. The zero-order chi connectivity index (χ0) is 19.8.